The maximum absolute atomic E-state index is 12.2. The van der Waals surface area contributed by atoms with Crippen molar-refractivity contribution in [1.29, 1.82) is 0 Å². The van der Waals surface area contributed by atoms with Crippen molar-refractivity contribution in [3.63, 3.8) is 0 Å². The molecule has 1 aromatic carbocycles. The number of aliphatic hydroxyl groups excluding tert-OH is 1. The number of β-amino-alcohol motifs (C(OH)–C–C–N with tert-alkyl or cyclic N) is 1. The topological polar surface area (TPSA) is 83.7 Å². The molecule has 1 aliphatic rings. The number of hydrogen-bond donors (Lipinski definition) is 1. The normalized spacial score (nSPS) is 19.3. The fourth-order valence-corrected chi connectivity index (χ4v) is 2.35. The van der Waals surface area contributed by atoms with Crippen LogP contribution in [0.1, 0.15) is 23.2 Å². The molecule has 0 radical (unpaired) electrons. The summed E-state index contributed by atoms with van der Waals surface area (Å²) < 4.78 is 0. The van der Waals surface area contributed by atoms with Crippen LogP contribution in [0.15, 0.2) is 18.2 Å². The van der Waals surface area contributed by atoms with Crippen LogP contribution < -0.4 is 0 Å². The van der Waals surface area contributed by atoms with E-state index in [0.717, 1.165) is 6.42 Å². The number of benzene rings is 1. The van der Waals surface area contributed by atoms with Gasteiger partial charge in [0.1, 0.15) is 0 Å². The molecule has 0 bridgehead atoms. The zero-order chi connectivity index (χ0) is 14.0. The number of carbonyl (C=O) groups excluding carboxylic acids is 1. The Morgan fingerprint density at radius 1 is 1.47 bits per heavy atom. The van der Waals surface area contributed by atoms with Gasteiger partial charge < -0.3 is 10.0 Å². The quantitative estimate of drug-likeness (QED) is 0.663. The molecule has 1 aromatic rings. The first-order chi connectivity index (χ1) is 8.97. The van der Waals surface area contributed by atoms with Crippen LogP contribution in [0.4, 0.5) is 5.69 Å². The summed E-state index contributed by atoms with van der Waals surface area (Å²) in [6.45, 7) is 0.787. The van der Waals surface area contributed by atoms with Gasteiger partial charge in [-0.3, -0.25) is 14.9 Å². The van der Waals surface area contributed by atoms with E-state index in [2.05, 4.69) is 0 Å². The smallest absolute Gasteiger partial charge is 0.271 e. The summed E-state index contributed by atoms with van der Waals surface area (Å²) >= 11 is 5.78. The molecule has 6 nitrogen and oxygen atoms in total. The summed E-state index contributed by atoms with van der Waals surface area (Å²) in [6.07, 6.45) is 0.849. The lowest BCUT2D eigenvalue weighted by atomic mass is 10.1. The van der Waals surface area contributed by atoms with Gasteiger partial charge in [0.15, 0.2) is 0 Å². The number of nitro benzene ring substituents is 1. The molecule has 1 atom stereocenters. The summed E-state index contributed by atoms with van der Waals surface area (Å²) in [5, 5.41) is 20.4. The molecule has 2 rings (SSSR count). The van der Waals surface area contributed by atoms with E-state index in [9.17, 15) is 20.0 Å². The van der Waals surface area contributed by atoms with Gasteiger partial charge in [-0.15, -0.1) is 0 Å². The zero-order valence-corrected chi connectivity index (χ0v) is 10.8. The van der Waals surface area contributed by atoms with Crippen LogP contribution in [-0.2, 0) is 0 Å². The molecular weight excluding hydrogens is 272 g/mol. The van der Waals surface area contributed by atoms with Gasteiger partial charge in [0.25, 0.3) is 11.6 Å². The van der Waals surface area contributed by atoms with Crippen LogP contribution in [-0.4, -0.2) is 40.0 Å². The average molecular weight is 285 g/mol. The number of non-ortho nitro benzene ring substituents is 1. The van der Waals surface area contributed by atoms with Crippen molar-refractivity contribution in [3.05, 3.63) is 38.9 Å². The van der Waals surface area contributed by atoms with Crippen molar-refractivity contribution in [2.75, 3.05) is 13.1 Å². The number of halogens is 1. The van der Waals surface area contributed by atoms with Crippen molar-refractivity contribution in [3.8, 4) is 0 Å². The number of carbonyl (C=O) groups is 1. The Bertz CT molecular complexity index is 520. The van der Waals surface area contributed by atoms with E-state index >= 15 is 0 Å². The Balaban J connectivity index is 2.25. The Morgan fingerprint density at radius 3 is 2.84 bits per heavy atom. The van der Waals surface area contributed by atoms with Gasteiger partial charge >= 0.3 is 0 Å². The first-order valence-electron chi connectivity index (χ1n) is 5.89. The summed E-state index contributed by atoms with van der Waals surface area (Å²) in [6, 6.07) is 3.80. The fourth-order valence-electron chi connectivity index (χ4n) is 2.12. The van der Waals surface area contributed by atoms with Crippen molar-refractivity contribution >= 4 is 23.2 Å². The van der Waals surface area contributed by atoms with Crippen LogP contribution in [0, 0.1) is 10.1 Å². The standard InChI is InChI=1S/C12H13ClN2O4/c13-9-4-8(5-10(6-9)15(18)19)12(17)14-3-1-2-11(16)7-14/h4-6,11,16H,1-3,7H2/t11-/m0/s1. The number of amides is 1. The minimum atomic E-state index is -0.590. The number of aliphatic hydroxyl groups is 1. The highest BCUT2D eigenvalue weighted by Gasteiger charge is 2.24. The van der Waals surface area contributed by atoms with Gasteiger partial charge in [0.2, 0.25) is 0 Å². The molecule has 1 heterocycles. The van der Waals surface area contributed by atoms with E-state index in [1.54, 1.807) is 0 Å². The van der Waals surface area contributed by atoms with E-state index in [0.29, 0.717) is 13.0 Å². The Morgan fingerprint density at radius 2 is 2.21 bits per heavy atom. The Labute approximate surface area is 114 Å². The number of rotatable bonds is 2. The van der Waals surface area contributed by atoms with Crippen molar-refractivity contribution < 1.29 is 14.8 Å². The lowest BCUT2D eigenvalue weighted by Gasteiger charge is -2.30. The van der Waals surface area contributed by atoms with E-state index in [-0.39, 0.29) is 28.7 Å². The molecule has 0 unspecified atom stereocenters. The van der Waals surface area contributed by atoms with E-state index in [1.165, 1.54) is 23.1 Å². The second-order valence-electron chi connectivity index (χ2n) is 4.50. The van der Waals surface area contributed by atoms with Crippen LogP contribution in [0.25, 0.3) is 0 Å². The van der Waals surface area contributed by atoms with E-state index < -0.39 is 11.0 Å². The SMILES string of the molecule is O=C(c1cc(Cl)cc([N+](=O)[O-])c1)N1CCC[C@H](O)C1. The molecule has 1 saturated heterocycles. The average Bonchev–Trinajstić information content (AvgIpc) is 2.37. The van der Waals surface area contributed by atoms with Crippen molar-refractivity contribution in [1.82, 2.24) is 4.90 Å². The highest BCUT2D eigenvalue weighted by atomic mass is 35.5. The highest BCUT2D eigenvalue weighted by molar-refractivity contribution is 6.31. The number of nitro groups is 1. The summed E-state index contributed by atoms with van der Waals surface area (Å²) in [4.78, 5) is 23.8. The molecule has 1 aliphatic heterocycles. The largest absolute Gasteiger partial charge is 0.391 e. The molecule has 0 spiro atoms. The first-order valence-corrected chi connectivity index (χ1v) is 6.27. The number of hydrogen-bond acceptors (Lipinski definition) is 4. The lowest BCUT2D eigenvalue weighted by molar-refractivity contribution is -0.384. The van der Waals surface area contributed by atoms with Gasteiger partial charge in [-0.05, 0) is 18.9 Å². The number of nitrogens with zero attached hydrogens (tertiary/aromatic N) is 2. The lowest BCUT2D eigenvalue weighted by Crippen LogP contribution is -2.42. The molecule has 0 saturated carbocycles. The molecule has 0 aliphatic carbocycles. The summed E-state index contributed by atoms with van der Waals surface area (Å²) in [5.41, 5.74) is -0.0401. The predicted molar refractivity (Wildman–Crippen MR) is 69.3 cm³/mol. The predicted octanol–water partition coefficient (Wildman–Crippen LogP) is 1.85. The molecule has 102 valence electrons. The maximum atomic E-state index is 12.2. The third kappa shape index (κ3) is 3.21. The maximum Gasteiger partial charge on any atom is 0.271 e. The Hall–Kier alpha value is -1.66. The van der Waals surface area contributed by atoms with Gasteiger partial charge in [-0.1, -0.05) is 11.6 Å². The zero-order valence-electron chi connectivity index (χ0n) is 10.1. The Kier molecular flexibility index (Phi) is 4.01. The van der Waals surface area contributed by atoms with Crippen LogP contribution in [0.2, 0.25) is 5.02 Å². The van der Waals surface area contributed by atoms with E-state index in [4.69, 9.17) is 11.6 Å². The van der Waals surface area contributed by atoms with Crippen LogP contribution >= 0.6 is 11.6 Å². The molecule has 19 heavy (non-hydrogen) atoms. The molecule has 7 heteroatoms. The van der Waals surface area contributed by atoms with Gasteiger partial charge in [-0.2, -0.15) is 0 Å². The van der Waals surface area contributed by atoms with Crippen molar-refractivity contribution in [2.45, 2.75) is 18.9 Å². The molecule has 1 amide bonds. The second-order valence-corrected chi connectivity index (χ2v) is 4.94. The number of likely N-dealkylation sites (tertiary alicyclic amines) is 1. The van der Waals surface area contributed by atoms with E-state index in [1.807, 2.05) is 0 Å². The third-order valence-electron chi connectivity index (χ3n) is 3.02. The molecule has 0 aromatic heterocycles. The molecular formula is C12H13ClN2O4. The van der Waals surface area contributed by atoms with Gasteiger partial charge in [0.05, 0.1) is 11.0 Å². The fraction of sp³-hybridized carbons (Fsp3) is 0.417. The van der Waals surface area contributed by atoms with Crippen LogP contribution in [0.3, 0.4) is 0 Å². The number of piperidine rings is 1. The summed E-state index contributed by atoms with van der Waals surface area (Å²) in [7, 11) is 0. The third-order valence-corrected chi connectivity index (χ3v) is 3.24. The first kappa shape index (κ1) is 13.8. The van der Waals surface area contributed by atoms with Gasteiger partial charge in [-0.25, -0.2) is 0 Å². The van der Waals surface area contributed by atoms with Crippen LogP contribution in [0.5, 0.6) is 0 Å². The molecule has 1 fully saturated rings. The van der Waals surface area contributed by atoms with Crippen molar-refractivity contribution in [2.24, 2.45) is 0 Å². The molecule has 1 N–H and O–H groups in total. The monoisotopic (exact) mass is 284 g/mol. The highest BCUT2D eigenvalue weighted by Crippen LogP contribution is 2.23. The minimum Gasteiger partial charge on any atom is -0.391 e. The minimum absolute atomic E-state index is 0.148. The van der Waals surface area contributed by atoms with Gasteiger partial charge in [0, 0.05) is 35.8 Å². The second kappa shape index (κ2) is 5.54. The summed E-state index contributed by atoms with van der Waals surface area (Å²) in [5.74, 6) is -0.343.